The second-order valence-electron chi connectivity index (χ2n) is 3.00. The van der Waals surface area contributed by atoms with Gasteiger partial charge in [0.05, 0.1) is 0 Å². The van der Waals surface area contributed by atoms with Crippen LogP contribution in [0.1, 0.15) is 19.3 Å². The minimum absolute atomic E-state index is 1.13. The van der Waals surface area contributed by atoms with Crippen molar-refractivity contribution in [2.24, 2.45) is 0 Å². The molecule has 0 heteroatoms. The van der Waals surface area contributed by atoms with Crippen molar-refractivity contribution in [2.75, 3.05) is 0 Å². The van der Waals surface area contributed by atoms with Crippen molar-refractivity contribution in [3.63, 3.8) is 0 Å². The Morgan fingerprint density at radius 1 is 0.818 bits per heavy atom. The van der Waals surface area contributed by atoms with Gasteiger partial charge in [-0.3, -0.25) is 0 Å². The third-order valence-corrected chi connectivity index (χ3v) is 2.23. The summed E-state index contributed by atoms with van der Waals surface area (Å²) in [6.07, 6.45) is 16.7. The van der Waals surface area contributed by atoms with Crippen molar-refractivity contribution in [3.05, 3.63) is 47.6 Å². The van der Waals surface area contributed by atoms with Crippen molar-refractivity contribution >= 4 is 0 Å². The van der Waals surface area contributed by atoms with Gasteiger partial charge in [0.15, 0.2) is 0 Å². The molecule has 2 aliphatic carbocycles. The van der Waals surface area contributed by atoms with Gasteiger partial charge in [-0.05, 0) is 24.8 Å². The maximum Gasteiger partial charge on any atom is -0.00976 e. The molecule has 56 valence electrons. The molecule has 0 spiro atoms. The van der Waals surface area contributed by atoms with Crippen molar-refractivity contribution in [1.29, 1.82) is 0 Å². The van der Waals surface area contributed by atoms with Crippen molar-refractivity contribution < 1.29 is 0 Å². The molecule has 0 nitrogen and oxygen atoms in total. The summed E-state index contributed by atoms with van der Waals surface area (Å²) in [6.45, 7) is 0. The van der Waals surface area contributed by atoms with E-state index in [4.69, 9.17) is 0 Å². The van der Waals surface area contributed by atoms with Crippen LogP contribution in [0.15, 0.2) is 47.6 Å². The van der Waals surface area contributed by atoms with E-state index in [1.807, 2.05) is 0 Å². The first kappa shape index (κ1) is 6.66. The maximum absolute atomic E-state index is 2.27. The van der Waals surface area contributed by atoms with Gasteiger partial charge in [-0.15, -0.1) is 0 Å². The minimum Gasteiger partial charge on any atom is -0.0841 e. The van der Waals surface area contributed by atoms with Crippen molar-refractivity contribution in [3.8, 4) is 0 Å². The molecule has 0 unspecified atom stereocenters. The van der Waals surface area contributed by atoms with Crippen LogP contribution in [0, 0.1) is 0 Å². The Bertz CT molecular complexity index is 262. The number of allylic oxidation sites excluding steroid dienone is 8. The molecule has 0 radical (unpaired) electrons. The smallest absolute Gasteiger partial charge is 0.00976 e. The number of hydrogen-bond acceptors (Lipinski definition) is 0. The van der Waals surface area contributed by atoms with E-state index >= 15 is 0 Å². The minimum atomic E-state index is 1.13. The highest BCUT2D eigenvalue weighted by molar-refractivity contribution is 5.37. The summed E-state index contributed by atoms with van der Waals surface area (Å²) in [4.78, 5) is 0. The highest BCUT2D eigenvalue weighted by atomic mass is 14.1. The fourth-order valence-electron chi connectivity index (χ4n) is 1.57. The average Bonchev–Trinajstić information content (AvgIpc) is 2.28. The molecule has 2 rings (SSSR count). The summed E-state index contributed by atoms with van der Waals surface area (Å²) in [5.74, 6) is 0. The van der Waals surface area contributed by atoms with Crippen LogP contribution in [0.25, 0.3) is 0 Å². The second-order valence-corrected chi connectivity index (χ2v) is 3.00. The lowest BCUT2D eigenvalue weighted by atomic mass is 9.95. The molecule has 0 N–H and O–H groups in total. The maximum atomic E-state index is 2.27. The molecule has 0 atom stereocenters. The van der Waals surface area contributed by atoms with Gasteiger partial charge < -0.3 is 0 Å². The van der Waals surface area contributed by atoms with Gasteiger partial charge >= 0.3 is 0 Å². The molecule has 0 amide bonds. The molecule has 0 bridgehead atoms. The Balaban J connectivity index is 2.28. The van der Waals surface area contributed by atoms with E-state index in [0.717, 1.165) is 19.3 Å². The zero-order valence-electron chi connectivity index (χ0n) is 6.59. The largest absolute Gasteiger partial charge is 0.0841 e. The predicted molar refractivity (Wildman–Crippen MR) is 48.3 cm³/mol. The van der Waals surface area contributed by atoms with E-state index in [-0.39, 0.29) is 0 Å². The average molecular weight is 144 g/mol. The number of rotatable bonds is 0. The molecule has 0 aromatic heterocycles. The van der Waals surface area contributed by atoms with Crippen LogP contribution in [0.3, 0.4) is 0 Å². The van der Waals surface area contributed by atoms with E-state index in [1.54, 1.807) is 5.57 Å². The van der Waals surface area contributed by atoms with Crippen molar-refractivity contribution in [1.82, 2.24) is 0 Å². The van der Waals surface area contributed by atoms with Gasteiger partial charge in [-0.1, -0.05) is 42.0 Å². The van der Waals surface area contributed by atoms with Gasteiger partial charge in [-0.25, -0.2) is 0 Å². The first-order valence-corrected chi connectivity index (χ1v) is 4.16. The summed E-state index contributed by atoms with van der Waals surface area (Å²) < 4.78 is 0. The Kier molecular flexibility index (Phi) is 1.76. The summed E-state index contributed by atoms with van der Waals surface area (Å²) in [6, 6.07) is 0. The first-order valence-electron chi connectivity index (χ1n) is 4.16. The van der Waals surface area contributed by atoms with Gasteiger partial charge in [0, 0.05) is 0 Å². The van der Waals surface area contributed by atoms with Crippen LogP contribution in [0.5, 0.6) is 0 Å². The summed E-state index contributed by atoms with van der Waals surface area (Å²) >= 11 is 0. The summed E-state index contributed by atoms with van der Waals surface area (Å²) in [5.41, 5.74) is 3.12. The van der Waals surface area contributed by atoms with Gasteiger partial charge in [0.25, 0.3) is 0 Å². The third kappa shape index (κ3) is 1.35. The molecule has 0 saturated heterocycles. The van der Waals surface area contributed by atoms with Crippen LogP contribution in [-0.4, -0.2) is 0 Å². The van der Waals surface area contributed by atoms with E-state index in [9.17, 15) is 0 Å². The quantitative estimate of drug-likeness (QED) is 0.458. The molecule has 11 heavy (non-hydrogen) atoms. The van der Waals surface area contributed by atoms with Gasteiger partial charge in [-0.2, -0.15) is 0 Å². The van der Waals surface area contributed by atoms with Gasteiger partial charge in [0.2, 0.25) is 0 Å². The molecule has 0 aromatic rings. The Morgan fingerprint density at radius 3 is 2.64 bits per heavy atom. The summed E-state index contributed by atoms with van der Waals surface area (Å²) in [7, 11) is 0. The molecule has 0 aliphatic heterocycles. The Hall–Kier alpha value is -1.04. The molecular weight excluding hydrogens is 132 g/mol. The van der Waals surface area contributed by atoms with Crippen LogP contribution < -0.4 is 0 Å². The Morgan fingerprint density at radius 2 is 1.64 bits per heavy atom. The van der Waals surface area contributed by atoms with E-state index in [1.165, 1.54) is 5.57 Å². The standard InChI is InChI=1S/C11H12/c1-2-6-10-8-4-5-9-11(10)7-3-1/h1-6H,7-9H2. The lowest BCUT2D eigenvalue weighted by Gasteiger charge is -2.10. The fraction of sp³-hybridized carbons (Fsp3) is 0.273. The van der Waals surface area contributed by atoms with E-state index in [2.05, 4.69) is 36.5 Å². The van der Waals surface area contributed by atoms with Crippen molar-refractivity contribution in [2.45, 2.75) is 19.3 Å². The molecule has 0 heterocycles. The molecular formula is C11H12. The second kappa shape index (κ2) is 2.91. The van der Waals surface area contributed by atoms with Gasteiger partial charge in [0.1, 0.15) is 0 Å². The SMILES string of the molecule is C1=CCC2=C(C=C1)CC=CC2. The predicted octanol–water partition coefficient (Wildman–Crippen LogP) is 3.15. The fourth-order valence-corrected chi connectivity index (χ4v) is 1.57. The monoisotopic (exact) mass is 144 g/mol. The third-order valence-electron chi connectivity index (χ3n) is 2.23. The molecule has 0 fully saturated rings. The lowest BCUT2D eigenvalue weighted by molar-refractivity contribution is 1.01. The zero-order chi connectivity index (χ0) is 7.52. The van der Waals surface area contributed by atoms with Crippen LogP contribution in [0.4, 0.5) is 0 Å². The van der Waals surface area contributed by atoms with Crippen LogP contribution in [-0.2, 0) is 0 Å². The summed E-state index contributed by atoms with van der Waals surface area (Å²) in [5, 5.41) is 0. The highest BCUT2D eigenvalue weighted by Crippen LogP contribution is 2.25. The normalized spacial score (nSPS) is 21.8. The zero-order valence-corrected chi connectivity index (χ0v) is 6.59. The lowest BCUT2D eigenvalue weighted by Crippen LogP contribution is -1.91. The van der Waals surface area contributed by atoms with E-state index in [0.29, 0.717) is 0 Å². The van der Waals surface area contributed by atoms with Crippen LogP contribution in [0.2, 0.25) is 0 Å². The highest BCUT2D eigenvalue weighted by Gasteiger charge is 2.05. The molecule has 0 aromatic carbocycles. The van der Waals surface area contributed by atoms with Crippen LogP contribution >= 0.6 is 0 Å². The first-order chi connectivity index (χ1) is 5.47. The Labute approximate surface area is 67.6 Å². The van der Waals surface area contributed by atoms with E-state index < -0.39 is 0 Å². The number of hydrogen-bond donors (Lipinski definition) is 0. The molecule has 0 saturated carbocycles. The topological polar surface area (TPSA) is 0 Å². The molecule has 2 aliphatic rings.